The second kappa shape index (κ2) is 7.68. The number of aryl methyl sites for hydroxylation is 1. The Kier molecular flexibility index (Phi) is 6.22. The van der Waals surface area contributed by atoms with Gasteiger partial charge in [0.25, 0.3) is 5.69 Å². The summed E-state index contributed by atoms with van der Waals surface area (Å²) in [4.78, 5) is 35.4. The molecule has 0 N–H and O–H groups in total. The first-order valence-electron chi connectivity index (χ1n) is 7.24. The van der Waals surface area contributed by atoms with Gasteiger partial charge in [-0.2, -0.15) is 0 Å². The zero-order valence-electron chi connectivity index (χ0n) is 13.5. The van der Waals surface area contributed by atoms with Gasteiger partial charge in [-0.3, -0.25) is 19.7 Å². The number of amides is 1. The molecule has 0 bridgehead atoms. The Labute approximate surface area is 130 Å². The van der Waals surface area contributed by atoms with Crippen molar-refractivity contribution >= 4 is 17.4 Å². The number of nitrogens with zero attached hydrogens (tertiary/aromatic N) is 2. The number of hydrogen-bond donors (Lipinski definition) is 0. The van der Waals surface area contributed by atoms with Gasteiger partial charge >= 0.3 is 0 Å². The molecule has 6 nitrogen and oxygen atoms in total. The third kappa shape index (κ3) is 4.95. The smallest absolute Gasteiger partial charge is 0.272 e. The first kappa shape index (κ1) is 17.8. The molecule has 0 radical (unpaired) electrons. The molecule has 0 atom stereocenters. The van der Waals surface area contributed by atoms with E-state index in [2.05, 4.69) is 0 Å². The predicted octanol–water partition coefficient (Wildman–Crippen LogP) is 2.52. The maximum atomic E-state index is 11.8. The number of ketones is 1. The monoisotopic (exact) mass is 306 g/mol. The SMILES string of the molecule is CC(=O)N(CCc1ccc(C)c([N+](=O)[O-])c1)CC(=O)C(C)C. The summed E-state index contributed by atoms with van der Waals surface area (Å²) in [5.41, 5.74) is 1.46. The fraction of sp³-hybridized carbons (Fsp3) is 0.500. The van der Waals surface area contributed by atoms with Crippen molar-refractivity contribution in [1.82, 2.24) is 4.90 Å². The highest BCUT2D eigenvalue weighted by molar-refractivity contribution is 5.86. The van der Waals surface area contributed by atoms with Crippen LogP contribution in [-0.2, 0) is 16.0 Å². The summed E-state index contributed by atoms with van der Waals surface area (Å²) in [6.07, 6.45) is 0.478. The molecule has 0 heterocycles. The summed E-state index contributed by atoms with van der Waals surface area (Å²) in [5, 5.41) is 10.9. The van der Waals surface area contributed by atoms with Gasteiger partial charge in [-0.15, -0.1) is 0 Å². The van der Waals surface area contributed by atoms with E-state index in [0.717, 1.165) is 5.56 Å². The third-order valence-corrected chi connectivity index (χ3v) is 3.58. The Morgan fingerprint density at radius 3 is 2.45 bits per heavy atom. The quantitative estimate of drug-likeness (QED) is 0.572. The number of carbonyl (C=O) groups is 2. The van der Waals surface area contributed by atoms with Crippen LogP contribution in [0.4, 0.5) is 5.69 Å². The largest absolute Gasteiger partial charge is 0.335 e. The maximum Gasteiger partial charge on any atom is 0.272 e. The van der Waals surface area contributed by atoms with E-state index in [1.165, 1.54) is 17.9 Å². The summed E-state index contributed by atoms with van der Waals surface area (Å²) < 4.78 is 0. The van der Waals surface area contributed by atoms with Crippen LogP contribution in [-0.4, -0.2) is 34.6 Å². The number of benzene rings is 1. The van der Waals surface area contributed by atoms with Crippen LogP contribution in [0.2, 0.25) is 0 Å². The fourth-order valence-electron chi connectivity index (χ4n) is 1.99. The first-order valence-corrected chi connectivity index (χ1v) is 7.24. The van der Waals surface area contributed by atoms with Crippen molar-refractivity contribution in [2.45, 2.75) is 34.1 Å². The van der Waals surface area contributed by atoms with Crippen molar-refractivity contribution in [3.05, 3.63) is 39.4 Å². The number of Topliss-reactive ketones (excluding diaryl/α,β-unsaturated/α-hetero) is 1. The highest BCUT2D eigenvalue weighted by Crippen LogP contribution is 2.19. The Morgan fingerprint density at radius 1 is 1.32 bits per heavy atom. The predicted molar refractivity (Wildman–Crippen MR) is 83.6 cm³/mol. The molecule has 1 aromatic rings. The van der Waals surface area contributed by atoms with E-state index >= 15 is 0 Å². The molecular weight excluding hydrogens is 284 g/mol. The van der Waals surface area contributed by atoms with Crippen LogP contribution in [0.3, 0.4) is 0 Å². The van der Waals surface area contributed by atoms with Crippen molar-refractivity contribution in [3.63, 3.8) is 0 Å². The molecule has 1 rings (SSSR count). The summed E-state index contributed by atoms with van der Waals surface area (Å²) >= 11 is 0. The first-order chi connectivity index (χ1) is 10.2. The van der Waals surface area contributed by atoms with Gasteiger partial charge in [-0.1, -0.05) is 26.0 Å². The molecule has 0 saturated carbocycles. The molecule has 1 aromatic carbocycles. The molecule has 0 saturated heterocycles. The lowest BCUT2D eigenvalue weighted by Gasteiger charge is -2.21. The van der Waals surface area contributed by atoms with E-state index in [-0.39, 0.29) is 29.8 Å². The molecule has 1 amide bonds. The van der Waals surface area contributed by atoms with Crippen LogP contribution in [0, 0.1) is 23.0 Å². The van der Waals surface area contributed by atoms with Crippen LogP contribution in [0.15, 0.2) is 18.2 Å². The average Bonchev–Trinajstić information content (AvgIpc) is 2.43. The van der Waals surface area contributed by atoms with E-state index in [1.54, 1.807) is 26.8 Å². The Balaban J connectivity index is 2.77. The van der Waals surface area contributed by atoms with Crippen molar-refractivity contribution < 1.29 is 14.5 Å². The van der Waals surface area contributed by atoms with E-state index in [4.69, 9.17) is 0 Å². The van der Waals surface area contributed by atoms with E-state index in [1.807, 2.05) is 6.07 Å². The Morgan fingerprint density at radius 2 is 1.95 bits per heavy atom. The second-order valence-electron chi connectivity index (χ2n) is 5.69. The minimum atomic E-state index is -0.413. The molecule has 0 spiro atoms. The third-order valence-electron chi connectivity index (χ3n) is 3.58. The molecule has 0 fully saturated rings. The normalized spacial score (nSPS) is 10.6. The van der Waals surface area contributed by atoms with E-state index in [9.17, 15) is 19.7 Å². The van der Waals surface area contributed by atoms with Crippen molar-refractivity contribution in [2.24, 2.45) is 5.92 Å². The summed E-state index contributed by atoms with van der Waals surface area (Å²) in [5.74, 6) is -0.289. The molecule has 0 aliphatic heterocycles. The lowest BCUT2D eigenvalue weighted by molar-refractivity contribution is -0.385. The number of nitro groups is 1. The number of nitro benzene ring substituents is 1. The molecular formula is C16H22N2O4. The van der Waals surface area contributed by atoms with Gasteiger partial charge in [0, 0.05) is 31.0 Å². The summed E-state index contributed by atoms with van der Waals surface area (Å²) in [6.45, 7) is 7.15. The lowest BCUT2D eigenvalue weighted by Crippen LogP contribution is -2.37. The molecule has 0 aromatic heterocycles. The zero-order valence-corrected chi connectivity index (χ0v) is 13.5. The Bertz CT molecular complexity index is 582. The lowest BCUT2D eigenvalue weighted by atomic mass is 10.1. The summed E-state index contributed by atoms with van der Waals surface area (Å²) in [6, 6.07) is 5.04. The minimum Gasteiger partial charge on any atom is -0.335 e. The highest BCUT2D eigenvalue weighted by atomic mass is 16.6. The highest BCUT2D eigenvalue weighted by Gasteiger charge is 2.17. The van der Waals surface area contributed by atoms with Crippen molar-refractivity contribution in [2.75, 3.05) is 13.1 Å². The van der Waals surface area contributed by atoms with Crippen LogP contribution < -0.4 is 0 Å². The number of rotatable bonds is 7. The molecule has 0 aliphatic carbocycles. The van der Waals surface area contributed by atoms with E-state index < -0.39 is 4.92 Å². The van der Waals surface area contributed by atoms with Crippen LogP contribution >= 0.6 is 0 Å². The summed E-state index contributed by atoms with van der Waals surface area (Å²) in [7, 11) is 0. The van der Waals surface area contributed by atoms with Crippen LogP contribution in [0.25, 0.3) is 0 Å². The topological polar surface area (TPSA) is 80.5 Å². The van der Waals surface area contributed by atoms with Crippen molar-refractivity contribution in [1.29, 1.82) is 0 Å². The Hall–Kier alpha value is -2.24. The van der Waals surface area contributed by atoms with Crippen LogP contribution in [0.5, 0.6) is 0 Å². The van der Waals surface area contributed by atoms with Crippen molar-refractivity contribution in [3.8, 4) is 0 Å². The van der Waals surface area contributed by atoms with Gasteiger partial charge in [-0.25, -0.2) is 0 Å². The van der Waals surface area contributed by atoms with Crippen LogP contribution in [0.1, 0.15) is 31.9 Å². The van der Waals surface area contributed by atoms with Gasteiger partial charge < -0.3 is 4.90 Å². The van der Waals surface area contributed by atoms with Gasteiger partial charge in [0.05, 0.1) is 11.5 Å². The molecule has 0 unspecified atom stereocenters. The van der Waals surface area contributed by atoms with E-state index in [0.29, 0.717) is 18.5 Å². The fourth-order valence-corrected chi connectivity index (χ4v) is 1.99. The molecule has 22 heavy (non-hydrogen) atoms. The molecule has 0 aliphatic rings. The van der Waals surface area contributed by atoms with Gasteiger partial charge in [-0.05, 0) is 18.9 Å². The molecule has 6 heteroatoms. The standard InChI is InChI=1S/C16H22N2O4/c1-11(2)16(20)10-17(13(4)19)8-7-14-6-5-12(3)15(9-14)18(21)22/h5-6,9,11H,7-8,10H2,1-4H3. The number of hydrogen-bond acceptors (Lipinski definition) is 4. The molecule has 120 valence electrons. The zero-order chi connectivity index (χ0) is 16.9. The minimum absolute atomic E-state index is 0.00471. The number of carbonyl (C=O) groups excluding carboxylic acids is 2. The van der Waals surface area contributed by atoms with Gasteiger partial charge in [0.1, 0.15) is 0 Å². The van der Waals surface area contributed by atoms with Gasteiger partial charge in [0.2, 0.25) is 5.91 Å². The second-order valence-corrected chi connectivity index (χ2v) is 5.69. The van der Waals surface area contributed by atoms with Gasteiger partial charge in [0.15, 0.2) is 5.78 Å². The average molecular weight is 306 g/mol. The maximum absolute atomic E-state index is 11.8.